The first kappa shape index (κ1) is 32.7. The predicted octanol–water partition coefficient (Wildman–Crippen LogP) is 5.87. The first-order valence-corrected chi connectivity index (χ1v) is 12.8. The largest absolute Gasteiger partial charge is 0.365 e. The highest BCUT2D eigenvalue weighted by molar-refractivity contribution is 7.80. The van der Waals surface area contributed by atoms with E-state index >= 15 is 0 Å². The minimum Gasteiger partial charge on any atom is -0.365 e. The van der Waals surface area contributed by atoms with Gasteiger partial charge in [-0.1, -0.05) is 12.2 Å². The molecule has 6 atom stereocenters. The van der Waals surface area contributed by atoms with Crippen molar-refractivity contribution in [3.63, 3.8) is 0 Å². The molecule has 1 amide bonds. The summed E-state index contributed by atoms with van der Waals surface area (Å²) < 4.78 is 84.5. The van der Waals surface area contributed by atoms with E-state index in [1.165, 1.54) is 13.8 Å². The summed E-state index contributed by atoms with van der Waals surface area (Å²) in [5, 5.41) is 26.1. The van der Waals surface area contributed by atoms with Crippen LogP contribution in [0.15, 0.2) is 36.4 Å². The Morgan fingerprint density at radius 2 is 1.17 bits per heavy atom. The summed E-state index contributed by atoms with van der Waals surface area (Å²) in [4.78, 5) is 31.5. The number of non-ortho nitro benzene ring substituents is 2. The molecule has 2 heterocycles. The lowest BCUT2D eigenvalue weighted by Crippen LogP contribution is -2.62. The van der Waals surface area contributed by atoms with Crippen molar-refractivity contribution in [3.05, 3.63) is 79.4 Å². The van der Waals surface area contributed by atoms with E-state index < -0.39 is 80.7 Å². The third-order valence-corrected chi connectivity index (χ3v) is 8.04. The van der Waals surface area contributed by atoms with Crippen LogP contribution in [0, 0.1) is 31.9 Å². The number of nitro benzene ring substituents is 2. The normalized spacial score (nSPS) is 32.6. The maximum Gasteiger partial charge on any atom is 0.270 e. The summed E-state index contributed by atoms with van der Waals surface area (Å²) in [7, 11) is 0. The third kappa shape index (κ3) is 6.03. The van der Waals surface area contributed by atoms with Crippen molar-refractivity contribution in [3.8, 4) is 0 Å². The van der Waals surface area contributed by atoms with Crippen molar-refractivity contribution >= 4 is 34.5 Å². The number of hydrogen-bond donors (Lipinski definition) is 2. The second-order valence-electron chi connectivity index (χ2n) is 10.9. The van der Waals surface area contributed by atoms with Gasteiger partial charge in [0.2, 0.25) is 0 Å². The van der Waals surface area contributed by atoms with E-state index in [0.717, 1.165) is 50.2 Å². The SMILES string of the molecule is C[C@]1(F)C[C@H](F)[C@@](C)(c2cc([N+](=O)[O-])ccc2F)NC1=O.C[C@]1(F)C[C@H](F)[C@@](C)(c2cc([N+](=O)[O-])ccc2F)NC1=S. The van der Waals surface area contributed by atoms with Gasteiger partial charge >= 0.3 is 0 Å². The molecule has 228 valence electrons. The van der Waals surface area contributed by atoms with Crippen LogP contribution < -0.4 is 10.6 Å². The maximum absolute atomic E-state index is 14.4. The summed E-state index contributed by atoms with van der Waals surface area (Å²) >= 11 is 4.86. The molecule has 2 fully saturated rings. The Morgan fingerprint density at radius 1 is 0.786 bits per heavy atom. The molecular weight excluding hydrogens is 594 g/mol. The Morgan fingerprint density at radius 3 is 1.57 bits per heavy atom. The summed E-state index contributed by atoms with van der Waals surface area (Å²) in [6.07, 6.45) is -5.02. The van der Waals surface area contributed by atoms with Crippen LogP contribution in [0.3, 0.4) is 0 Å². The lowest BCUT2D eigenvalue weighted by Gasteiger charge is -2.44. The quantitative estimate of drug-likeness (QED) is 0.189. The van der Waals surface area contributed by atoms with E-state index in [9.17, 15) is 51.4 Å². The zero-order valence-corrected chi connectivity index (χ0v) is 23.5. The minimum atomic E-state index is -2.41. The second kappa shape index (κ2) is 11.1. The van der Waals surface area contributed by atoms with Gasteiger partial charge in [-0.3, -0.25) is 25.0 Å². The Balaban J connectivity index is 0.000000230. The van der Waals surface area contributed by atoms with E-state index in [0.29, 0.717) is 0 Å². The average molecular weight is 621 g/mol. The lowest BCUT2D eigenvalue weighted by molar-refractivity contribution is -0.385. The van der Waals surface area contributed by atoms with Gasteiger partial charge in [-0.2, -0.15) is 0 Å². The van der Waals surface area contributed by atoms with Crippen LogP contribution in [0.1, 0.15) is 51.7 Å². The van der Waals surface area contributed by atoms with Gasteiger partial charge in [0.25, 0.3) is 17.3 Å². The predicted molar refractivity (Wildman–Crippen MR) is 143 cm³/mol. The number of amides is 1. The fraction of sp³-hybridized carbons (Fsp3) is 0.462. The number of alkyl halides is 4. The second-order valence-corrected chi connectivity index (χ2v) is 11.3. The molecule has 4 rings (SSSR count). The molecule has 0 unspecified atom stereocenters. The monoisotopic (exact) mass is 620 g/mol. The lowest BCUT2D eigenvalue weighted by atomic mass is 9.77. The molecule has 2 aromatic carbocycles. The molecule has 0 radical (unpaired) electrons. The minimum absolute atomic E-state index is 0.246. The van der Waals surface area contributed by atoms with Crippen molar-refractivity contribution in [2.75, 3.05) is 0 Å². The number of nitrogens with one attached hydrogen (secondary N) is 2. The molecule has 2 aliphatic heterocycles. The standard InChI is InChI=1S/C13H13F3N2O3.C13H13F3N2O2S/c1-12(16)6-10(15)13(2,17-11(12)19)8-5-7(18(20)21)3-4-9(8)14;1-12(16)6-10(15)13(2,17-11(12)21)8-5-7(18(19)20)3-4-9(8)14/h3-5,10H,6H2,1-2H3,(H,17,19);3-5,10H,6H2,1-2H3,(H,17,21)/t2*10-,12-,13+/m00/s1. The van der Waals surface area contributed by atoms with Gasteiger partial charge in [-0.25, -0.2) is 26.3 Å². The van der Waals surface area contributed by atoms with Crippen LogP contribution in [0.25, 0.3) is 0 Å². The topological polar surface area (TPSA) is 127 Å². The summed E-state index contributed by atoms with van der Waals surface area (Å²) in [6.45, 7) is 4.55. The number of nitrogens with zero attached hydrogens (tertiary/aromatic N) is 2. The fourth-order valence-electron chi connectivity index (χ4n) is 4.68. The van der Waals surface area contributed by atoms with Crippen molar-refractivity contribution in [2.45, 2.75) is 75.3 Å². The molecule has 0 aromatic heterocycles. The van der Waals surface area contributed by atoms with Crippen LogP contribution in [-0.2, 0) is 15.9 Å². The molecule has 0 saturated carbocycles. The van der Waals surface area contributed by atoms with Crippen LogP contribution in [0.4, 0.5) is 37.7 Å². The first-order valence-electron chi connectivity index (χ1n) is 12.4. The molecule has 2 aliphatic rings. The molecule has 2 saturated heterocycles. The molecule has 0 bridgehead atoms. The smallest absolute Gasteiger partial charge is 0.270 e. The molecular formula is C26H26F6N4O5S. The molecule has 16 heteroatoms. The summed E-state index contributed by atoms with van der Waals surface area (Å²) in [6, 6.07) is 5.41. The van der Waals surface area contributed by atoms with Crippen LogP contribution in [-0.4, -0.2) is 44.4 Å². The van der Waals surface area contributed by atoms with Crippen molar-refractivity contribution in [1.29, 1.82) is 0 Å². The number of piperidine rings is 2. The van der Waals surface area contributed by atoms with Gasteiger partial charge in [-0.15, -0.1) is 0 Å². The highest BCUT2D eigenvalue weighted by Crippen LogP contribution is 2.41. The van der Waals surface area contributed by atoms with Gasteiger partial charge < -0.3 is 10.6 Å². The number of carbonyl (C=O) groups excluding carboxylic acids is 1. The number of carbonyl (C=O) groups is 1. The molecule has 0 aliphatic carbocycles. The number of benzene rings is 2. The number of thiocarbonyl (C=S) groups is 1. The number of nitro groups is 2. The summed E-state index contributed by atoms with van der Waals surface area (Å²) in [5.74, 6) is -2.80. The van der Waals surface area contributed by atoms with Gasteiger partial charge in [0, 0.05) is 48.2 Å². The van der Waals surface area contributed by atoms with Crippen LogP contribution in [0.5, 0.6) is 0 Å². The highest BCUT2D eigenvalue weighted by Gasteiger charge is 2.53. The van der Waals surface area contributed by atoms with Gasteiger partial charge in [-0.05, 0) is 39.8 Å². The van der Waals surface area contributed by atoms with Crippen LogP contribution >= 0.6 is 12.2 Å². The van der Waals surface area contributed by atoms with Crippen molar-refractivity contribution in [2.24, 2.45) is 0 Å². The maximum atomic E-state index is 14.4. The highest BCUT2D eigenvalue weighted by atomic mass is 32.1. The van der Waals surface area contributed by atoms with Gasteiger partial charge in [0.15, 0.2) is 11.3 Å². The number of halogens is 6. The van der Waals surface area contributed by atoms with E-state index in [-0.39, 0.29) is 21.8 Å². The fourth-order valence-corrected chi connectivity index (χ4v) is 4.97. The molecule has 0 spiro atoms. The van der Waals surface area contributed by atoms with E-state index in [4.69, 9.17) is 12.2 Å². The molecule has 42 heavy (non-hydrogen) atoms. The summed E-state index contributed by atoms with van der Waals surface area (Å²) in [5.41, 5.74) is -9.40. The van der Waals surface area contributed by atoms with Crippen molar-refractivity contribution < 1.29 is 41.0 Å². The third-order valence-electron chi connectivity index (χ3n) is 7.51. The number of hydrogen-bond acceptors (Lipinski definition) is 6. The molecule has 2 aromatic rings. The van der Waals surface area contributed by atoms with Gasteiger partial charge in [0.05, 0.1) is 20.9 Å². The Labute approximate surface area is 241 Å². The van der Waals surface area contributed by atoms with Crippen LogP contribution in [0.2, 0.25) is 0 Å². The zero-order chi connectivity index (χ0) is 32.0. The van der Waals surface area contributed by atoms with Crippen molar-refractivity contribution in [1.82, 2.24) is 10.6 Å². The average Bonchev–Trinajstić information content (AvgIpc) is 2.86. The van der Waals surface area contributed by atoms with E-state index in [2.05, 4.69) is 10.6 Å². The first-order chi connectivity index (χ1) is 19.2. The Hall–Kier alpha value is -3.82. The molecule has 9 nitrogen and oxygen atoms in total. The van der Waals surface area contributed by atoms with Gasteiger partial charge in [0.1, 0.15) is 29.0 Å². The Bertz CT molecular complexity index is 1350. The van der Waals surface area contributed by atoms with E-state index in [1.54, 1.807) is 0 Å². The number of rotatable bonds is 4. The zero-order valence-electron chi connectivity index (χ0n) is 22.6. The van der Waals surface area contributed by atoms with E-state index in [1.807, 2.05) is 0 Å². The molecule has 2 N–H and O–H groups in total. The Kier molecular flexibility index (Phi) is 8.65.